The van der Waals surface area contributed by atoms with Gasteiger partial charge in [-0.25, -0.2) is 4.98 Å². The third kappa shape index (κ3) is 3.92. The third-order valence-corrected chi connectivity index (χ3v) is 5.63. The molecule has 158 valence electrons. The van der Waals surface area contributed by atoms with Gasteiger partial charge >= 0.3 is 6.18 Å². The maximum atomic E-state index is 13.0. The highest BCUT2D eigenvalue weighted by Gasteiger charge is 2.31. The Morgan fingerprint density at radius 1 is 1.13 bits per heavy atom. The van der Waals surface area contributed by atoms with E-state index < -0.39 is 17.6 Å². The van der Waals surface area contributed by atoms with Crippen LogP contribution in [0.4, 0.5) is 19.1 Å². The van der Waals surface area contributed by atoms with Gasteiger partial charge in [-0.1, -0.05) is 18.2 Å². The van der Waals surface area contributed by atoms with Gasteiger partial charge < -0.3 is 9.67 Å². The Labute approximate surface area is 171 Å². The summed E-state index contributed by atoms with van der Waals surface area (Å²) in [7, 11) is 0. The summed E-state index contributed by atoms with van der Waals surface area (Å²) in [5.74, 6) is -0.339. The van der Waals surface area contributed by atoms with Crippen molar-refractivity contribution in [2.45, 2.75) is 50.9 Å². The number of halogens is 3. The second-order valence-electron chi connectivity index (χ2n) is 7.74. The van der Waals surface area contributed by atoms with Gasteiger partial charge in [0.15, 0.2) is 0 Å². The highest BCUT2D eigenvalue weighted by Crippen LogP contribution is 2.35. The number of carbonyl (C=O) groups is 1. The summed E-state index contributed by atoms with van der Waals surface area (Å²) in [5, 5.41) is 12.6. The van der Waals surface area contributed by atoms with Crippen LogP contribution in [0.2, 0.25) is 0 Å². The smallest absolute Gasteiger partial charge is 0.393 e. The van der Waals surface area contributed by atoms with Crippen LogP contribution in [0.5, 0.6) is 0 Å². The largest absolute Gasteiger partial charge is 0.416 e. The number of benzene rings is 2. The number of para-hydroxylation sites is 1. The van der Waals surface area contributed by atoms with E-state index in [9.17, 15) is 23.1 Å². The van der Waals surface area contributed by atoms with Crippen molar-refractivity contribution in [2.24, 2.45) is 0 Å². The first-order valence-electron chi connectivity index (χ1n) is 9.88. The number of aromatic nitrogens is 2. The number of carbonyl (C=O) groups excluding carboxylic acids is 1. The summed E-state index contributed by atoms with van der Waals surface area (Å²) in [6.45, 7) is 1.92. The zero-order chi connectivity index (χ0) is 21.5. The zero-order valence-electron chi connectivity index (χ0n) is 16.4. The maximum Gasteiger partial charge on any atom is 0.416 e. The van der Waals surface area contributed by atoms with Gasteiger partial charge in [-0.15, -0.1) is 0 Å². The molecule has 1 saturated carbocycles. The van der Waals surface area contributed by atoms with Gasteiger partial charge in [0, 0.05) is 11.6 Å². The standard InChI is InChI=1S/C22H22F3N3O2/c1-13-4-2-7-18-19(13)26-21(28(18)16-8-10-17(29)11-9-16)27-20(30)14-5-3-6-15(12-14)22(23,24)25/h2-7,12,16-17,29H,8-11H2,1H3,(H,26,27,30). The van der Waals surface area contributed by atoms with Crippen molar-refractivity contribution in [1.82, 2.24) is 9.55 Å². The molecule has 1 aliphatic carbocycles. The number of fused-ring (bicyclic) bond motifs is 1. The molecule has 0 spiro atoms. The highest BCUT2D eigenvalue weighted by atomic mass is 19.4. The number of alkyl halides is 3. The number of hydrogen-bond acceptors (Lipinski definition) is 3. The molecule has 1 fully saturated rings. The van der Waals surface area contributed by atoms with Crippen LogP contribution < -0.4 is 5.32 Å². The summed E-state index contributed by atoms with van der Waals surface area (Å²) < 4.78 is 41.0. The lowest BCUT2D eigenvalue weighted by atomic mass is 9.93. The van der Waals surface area contributed by atoms with E-state index in [1.165, 1.54) is 12.1 Å². The van der Waals surface area contributed by atoms with Crippen molar-refractivity contribution >= 4 is 22.9 Å². The number of hydrogen-bond donors (Lipinski definition) is 2. The van der Waals surface area contributed by atoms with E-state index in [1.54, 1.807) is 0 Å². The second-order valence-corrected chi connectivity index (χ2v) is 7.74. The molecule has 0 unspecified atom stereocenters. The van der Waals surface area contributed by atoms with E-state index in [2.05, 4.69) is 10.3 Å². The van der Waals surface area contributed by atoms with Crippen molar-refractivity contribution < 1.29 is 23.1 Å². The van der Waals surface area contributed by atoms with Gasteiger partial charge in [0.05, 0.1) is 22.7 Å². The minimum absolute atomic E-state index is 0.0389. The van der Waals surface area contributed by atoms with Gasteiger partial charge in [-0.2, -0.15) is 13.2 Å². The highest BCUT2D eigenvalue weighted by molar-refractivity contribution is 6.04. The Morgan fingerprint density at radius 3 is 2.53 bits per heavy atom. The summed E-state index contributed by atoms with van der Waals surface area (Å²) in [6, 6.07) is 10.1. The molecule has 0 atom stereocenters. The summed E-state index contributed by atoms with van der Waals surface area (Å²) in [4.78, 5) is 17.4. The quantitative estimate of drug-likeness (QED) is 0.624. The second kappa shape index (κ2) is 7.75. The van der Waals surface area contributed by atoms with Crippen molar-refractivity contribution in [3.05, 3.63) is 59.2 Å². The normalized spacial score (nSPS) is 19.8. The number of rotatable bonds is 3. The van der Waals surface area contributed by atoms with Crippen molar-refractivity contribution in [3.63, 3.8) is 0 Å². The Bertz CT molecular complexity index is 1080. The van der Waals surface area contributed by atoms with E-state index in [-0.39, 0.29) is 17.7 Å². The Hall–Kier alpha value is -2.87. The minimum atomic E-state index is -4.52. The fourth-order valence-electron chi connectivity index (χ4n) is 4.04. The number of aryl methyl sites for hydroxylation is 1. The van der Waals surface area contributed by atoms with Crippen LogP contribution in [-0.4, -0.2) is 26.7 Å². The van der Waals surface area contributed by atoms with E-state index in [0.717, 1.165) is 41.6 Å². The first kappa shape index (κ1) is 20.4. The molecular weight excluding hydrogens is 395 g/mol. The molecule has 2 N–H and O–H groups in total. The molecule has 1 amide bonds. The zero-order valence-corrected chi connectivity index (χ0v) is 16.4. The van der Waals surface area contributed by atoms with Crippen LogP contribution in [0.1, 0.15) is 53.2 Å². The number of nitrogens with zero attached hydrogens (tertiary/aromatic N) is 2. The molecule has 30 heavy (non-hydrogen) atoms. The van der Waals surface area contributed by atoms with Gasteiger partial charge in [0.1, 0.15) is 0 Å². The lowest BCUT2D eigenvalue weighted by Gasteiger charge is -2.28. The number of nitrogens with one attached hydrogen (secondary N) is 1. The molecule has 4 rings (SSSR count). The van der Waals surface area contributed by atoms with E-state index >= 15 is 0 Å². The Kier molecular flexibility index (Phi) is 5.27. The number of imidazole rings is 1. The van der Waals surface area contributed by atoms with Crippen molar-refractivity contribution in [3.8, 4) is 0 Å². The van der Waals surface area contributed by atoms with Gasteiger partial charge in [0.2, 0.25) is 5.95 Å². The minimum Gasteiger partial charge on any atom is -0.393 e. The average Bonchev–Trinajstić information content (AvgIpc) is 3.07. The molecule has 0 saturated heterocycles. The lowest BCUT2D eigenvalue weighted by Crippen LogP contribution is -2.24. The Morgan fingerprint density at radius 2 is 1.83 bits per heavy atom. The summed E-state index contributed by atoms with van der Waals surface area (Å²) in [5.41, 5.74) is 1.58. The van der Waals surface area contributed by atoms with E-state index in [4.69, 9.17) is 0 Å². The first-order chi connectivity index (χ1) is 14.2. The lowest BCUT2D eigenvalue weighted by molar-refractivity contribution is -0.137. The van der Waals surface area contributed by atoms with Crippen LogP contribution in [0.15, 0.2) is 42.5 Å². The molecule has 1 aromatic heterocycles. The summed E-state index contributed by atoms with van der Waals surface area (Å²) in [6.07, 6.45) is -2.10. The molecule has 1 aliphatic rings. The van der Waals surface area contributed by atoms with Crippen LogP contribution >= 0.6 is 0 Å². The molecule has 0 radical (unpaired) electrons. The monoisotopic (exact) mass is 417 g/mol. The molecule has 8 heteroatoms. The first-order valence-corrected chi connectivity index (χ1v) is 9.88. The average molecular weight is 417 g/mol. The topological polar surface area (TPSA) is 67.2 Å². The molecule has 5 nitrogen and oxygen atoms in total. The fraction of sp³-hybridized carbons (Fsp3) is 0.364. The van der Waals surface area contributed by atoms with Crippen molar-refractivity contribution in [2.75, 3.05) is 5.32 Å². The molecule has 2 aromatic carbocycles. The number of aliphatic hydroxyl groups is 1. The predicted octanol–water partition coefficient (Wildman–Crippen LogP) is 5.09. The van der Waals surface area contributed by atoms with E-state index in [1.807, 2.05) is 29.7 Å². The van der Waals surface area contributed by atoms with E-state index in [0.29, 0.717) is 18.8 Å². The SMILES string of the molecule is Cc1cccc2c1nc(NC(=O)c1cccc(C(F)(F)F)c1)n2C1CCC(O)CC1. The molecule has 3 aromatic rings. The van der Waals surface area contributed by atoms with Crippen molar-refractivity contribution in [1.29, 1.82) is 0 Å². The molecule has 1 heterocycles. The summed E-state index contributed by atoms with van der Waals surface area (Å²) >= 11 is 0. The van der Waals surface area contributed by atoms with Gasteiger partial charge in [-0.3, -0.25) is 10.1 Å². The number of amides is 1. The number of anilines is 1. The predicted molar refractivity (Wildman–Crippen MR) is 107 cm³/mol. The fourth-order valence-corrected chi connectivity index (χ4v) is 4.04. The van der Waals surface area contributed by atoms with Gasteiger partial charge in [0.25, 0.3) is 5.91 Å². The molecular formula is C22H22F3N3O2. The van der Waals surface area contributed by atoms with Crippen LogP contribution in [0.25, 0.3) is 11.0 Å². The molecule has 0 aliphatic heterocycles. The number of aliphatic hydroxyl groups excluding tert-OH is 1. The van der Waals surface area contributed by atoms with Crippen LogP contribution in [0.3, 0.4) is 0 Å². The maximum absolute atomic E-state index is 13.0. The molecule has 0 bridgehead atoms. The van der Waals surface area contributed by atoms with Gasteiger partial charge in [-0.05, 0) is 62.4 Å². The Balaban J connectivity index is 1.71. The third-order valence-electron chi connectivity index (χ3n) is 5.63. The van der Waals surface area contributed by atoms with Crippen LogP contribution in [-0.2, 0) is 6.18 Å². The van der Waals surface area contributed by atoms with Crippen LogP contribution in [0, 0.1) is 6.92 Å².